The topological polar surface area (TPSA) is 0 Å². The van der Waals surface area contributed by atoms with Crippen molar-refractivity contribution in [2.75, 3.05) is 0 Å². The van der Waals surface area contributed by atoms with E-state index in [9.17, 15) is 0 Å². The van der Waals surface area contributed by atoms with Crippen LogP contribution >= 0.6 is 0 Å². The summed E-state index contributed by atoms with van der Waals surface area (Å²) in [4.78, 5) is 0. The lowest BCUT2D eigenvalue weighted by Crippen LogP contribution is -2.16. The van der Waals surface area contributed by atoms with Gasteiger partial charge in [-0.3, -0.25) is 0 Å². The molecule has 10 rings (SSSR count). The maximum absolute atomic E-state index is 2.50. The van der Waals surface area contributed by atoms with Crippen LogP contribution in [-0.4, -0.2) is 0 Å². The van der Waals surface area contributed by atoms with Gasteiger partial charge in [-0.15, -0.1) is 0 Å². The van der Waals surface area contributed by atoms with E-state index in [2.05, 4.69) is 172 Å². The van der Waals surface area contributed by atoms with E-state index in [1.54, 1.807) is 0 Å². The van der Waals surface area contributed by atoms with E-state index in [4.69, 9.17) is 0 Å². The minimum atomic E-state index is -0.180. The molecule has 1 aliphatic rings. The lowest BCUT2D eigenvalue weighted by atomic mass is 9.78. The van der Waals surface area contributed by atoms with Crippen LogP contribution in [0.4, 0.5) is 0 Å². The summed E-state index contributed by atoms with van der Waals surface area (Å²) in [6.45, 7) is 4.85. The highest BCUT2D eigenvalue weighted by Gasteiger charge is 2.38. The Balaban J connectivity index is 1.22. The van der Waals surface area contributed by atoms with Gasteiger partial charge >= 0.3 is 0 Å². The Kier molecular flexibility index (Phi) is 5.44. The molecule has 0 bridgehead atoms. The summed E-state index contributed by atoms with van der Waals surface area (Å²) in [5, 5.41) is 13.0. The van der Waals surface area contributed by atoms with Crippen LogP contribution < -0.4 is 0 Å². The van der Waals surface area contributed by atoms with Gasteiger partial charge in [0.2, 0.25) is 0 Å². The van der Waals surface area contributed by atoms with Gasteiger partial charge in [0.25, 0.3) is 0 Å². The van der Waals surface area contributed by atoms with E-state index in [-0.39, 0.29) is 5.41 Å². The number of fused-ring (bicyclic) bond motifs is 10. The summed E-state index contributed by atoms with van der Waals surface area (Å²) in [6, 6.07) is 58.9. The second-order valence-electron chi connectivity index (χ2n) is 13.7. The highest BCUT2D eigenvalue weighted by Crippen LogP contribution is 2.54. The van der Waals surface area contributed by atoms with Crippen LogP contribution in [0.3, 0.4) is 0 Å². The molecular weight excluding hydrogens is 565 g/mol. The third kappa shape index (κ3) is 3.76. The summed E-state index contributed by atoms with van der Waals surface area (Å²) >= 11 is 0. The summed E-state index contributed by atoms with van der Waals surface area (Å²) in [7, 11) is 0. The molecule has 0 amide bonds. The van der Waals surface area contributed by atoms with E-state index in [0.717, 1.165) is 0 Å². The Labute approximate surface area is 274 Å². The molecule has 1 aliphatic carbocycles. The Morgan fingerprint density at radius 2 is 1.02 bits per heavy atom. The SMILES string of the molecule is CC1(C)c2cc(-c3c4ccccc4cc4c3ccc3ccccc34)ccc2-c2ccc3cccc(-c4ccc5ccccc5c4)c3c21. The van der Waals surface area contributed by atoms with E-state index < -0.39 is 0 Å². The Bertz CT molecular complexity index is 2760. The van der Waals surface area contributed by atoms with E-state index in [0.29, 0.717) is 0 Å². The predicted molar refractivity (Wildman–Crippen MR) is 202 cm³/mol. The summed E-state index contributed by atoms with van der Waals surface area (Å²) in [5.41, 5.74) is 10.5. The van der Waals surface area contributed by atoms with Crippen molar-refractivity contribution in [1.29, 1.82) is 0 Å². The quantitative estimate of drug-likeness (QED) is 0.138. The number of rotatable bonds is 2. The second kappa shape index (κ2) is 9.64. The van der Waals surface area contributed by atoms with Gasteiger partial charge in [0.15, 0.2) is 0 Å². The molecule has 0 aliphatic heterocycles. The molecule has 220 valence electrons. The van der Waals surface area contributed by atoms with Crippen molar-refractivity contribution in [2.45, 2.75) is 19.3 Å². The Morgan fingerprint density at radius 1 is 0.362 bits per heavy atom. The average molecular weight is 597 g/mol. The zero-order chi connectivity index (χ0) is 31.3. The first-order valence-corrected chi connectivity index (χ1v) is 16.6. The minimum absolute atomic E-state index is 0.180. The smallest absolute Gasteiger partial charge is 0.0165 e. The molecule has 0 nitrogen and oxygen atoms in total. The first-order valence-electron chi connectivity index (χ1n) is 16.6. The monoisotopic (exact) mass is 596 g/mol. The minimum Gasteiger partial charge on any atom is -0.0616 e. The van der Waals surface area contributed by atoms with Crippen molar-refractivity contribution in [3.63, 3.8) is 0 Å². The maximum Gasteiger partial charge on any atom is 0.0165 e. The third-order valence-corrected chi connectivity index (χ3v) is 10.8. The molecule has 0 fully saturated rings. The maximum atomic E-state index is 2.50. The van der Waals surface area contributed by atoms with Crippen LogP contribution in [0.1, 0.15) is 25.0 Å². The fourth-order valence-corrected chi connectivity index (χ4v) is 8.57. The van der Waals surface area contributed by atoms with Gasteiger partial charge in [-0.1, -0.05) is 153 Å². The van der Waals surface area contributed by atoms with Crippen molar-refractivity contribution >= 4 is 53.9 Å². The molecule has 0 heterocycles. The lowest BCUT2D eigenvalue weighted by Gasteiger charge is -2.25. The van der Waals surface area contributed by atoms with Gasteiger partial charge in [0.1, 0.15) is 0 Å². The van der Waals surface area contributed by atoms with Gasteiger partial charge in [0, 0.05) is 5.41 Å². The predicted octanol–water partition coefficient (Wildman–Crippen LogP) is 13.1. The standard InChI is InChI=1S/C47H32/c1-47(2)43-28-35(44-37-16-8-6-13-33(37)27-42-36-15-7-5-11-30(36)20-24-40(42)44)22-23-39(43)41-25-21-31-14-9-17-38(45(31)46(41)47)34-19-18-29-10-3-4-12-32(29)26-34/h3-28H,1-2H3. The molecule has 47 heavy (non-hydrogen) atoms. The first-order chi connectivity index (χ1) is 23.1. The molecule has 0 aromatic heterocycles. The highest BCUT2D eigenvalue weighted by atomic mass is 14.4. The van der Waals surface area contributed by atoms with Crippen LogP contribution in [0.5, 0.6) is 0 Å². The Morgan fingerprint density at radius 3 is 1.89 bits per heavy atom. The molecule has 0 spiro atoms. The van der Waals surface area contributed by atoms with Crippen LogP contribution in [0.2, 0.25) is 0 Å². The largest absolute Gasteiger partial charge is 0.0616 e. The van der Waals surface area contributed by atoms with Gasteiger partial charge in [-0.05, 0) is 117 Å². The zero-order valence-electron chi connectivity index (χ0n) is 26.5. The molecule has 0 radical (unpaired) electrons. The molecule has 0 saturated heterocycles. The van der Waals surface area contributed by atoms with Crippen molar-refractivity contribution < 1.29 is 0 Å². The molecule has 0 saturated carbocycles. The fourth-order valence-electron chi connectivity index (χ4n) is 8.57. The molecule has 9 aromatic rings. The normalized spacial score (nSPS) is 13.5. The van der Waals surface area contributed by atoms with Gasteiger partial charge in [-0.25, -0.2) is 0 Å². The molecule has 0 atom stereocenters. The van der Waals surface area contributed by atoms with Crippen LogP contribution in [-0.2, 0) is 5.41 Å². The zero-order valence-corrected chi connectivity index (χ0v) is 26.5. The molecule has 0 N–H and O–H groups in total. The number of benzene rings is 9. The molecule has 0 unspecified atom stereocenters. The van der Waals surface area contributed by atoms with E-state index >= 15 is 0 Å². The van der Waals surface area contributed by atoms with Crippen molar-refractivity contribution in [2.24, 2.45) is 0 Å². The lowest BCUT2D eigenvalue weighted by molar-refractivity contribution is 0.666. The number of hydrogen-bond donors (Lipinski definition) is 0. The van der Waals surface area contributed by atoms with Crippen molar-refractivity contribution in [1.82, 2.24) is 0 Å². The van der Waals surface area contributed by atoms with Crippen LogP contribution in [0, 0.1) is 0 Å². The van der Waals surface area contributed by atoms with Gasteiger partial charge < -0.3 is 0 Å². The van der Waals surface area contributed by atoms with Crippen LogP contribution in [0.15, 0.2) is 158 Å². The third-order valence-electron chi connectivity index (χ3n) is 10.8. The molecular formula is C47H32. The van der Waals surface area contributed by atoms with Gasteiger partial charge in [0.05, 0.1) is 0 Å². The Hall–Kier alpha value is -5.72. The van der Waals surface area contributed by atoms with E-state index in [1.165, 1.54) is 98.4 Å². The summed E-state index contributed by atoms with van der Waals surface area (Å²) in [6.07, 6.45) is 0. The van der Waals surface area contributed by atoms with Crippen molar-refractivity contribution in [3.8, 4) is 33.4 Å². The summed E-state index contributed by atoms with van der Waals surface area (Å²) in [5.74, 6) is 0. The first kappa shape index (κ1) is 26.5. The summed E-state index contributed by atoms with van der Waals surface area (Å²) < 4.78 is 0. The van der Waals surface area contributed by atoms with Crippen LogP contribution in [0.25, 0.3) is 87.2 Å². The molecule has 0 heteroatoms. The second-order valence-corrected chi connectivity index (χ2v) is 13.7. The average Bonchev–Trinajstić information content (AvgIpc) is 3.35. The highest BCUT2D eigenvalue weighted by molar-refractivity contribution is 6.20. The van der Waals surface area contributed by atoms with Crippen molar-refractivity contribution in [3.05, 3.63) is 169 Å². The molecule has 9 aromatic carbocycles. The van der Waals surface area contributed by atoms with Gasteiger partial charge in [-0.2, -0.15) is 0 Å². The fraction of sp³-hybridized carbons (Fsp3) is 0.0638. The number of hydrogen-bond acceptors (Lipinski definition) is 0. The van der Waals surface area contributed by atoms with E-state index in [1.807, 2.05) is 0 Å².